The molecule has 1 fully saturated rings. The van der Waals surface area contributed by atoms with Gasteiger partial charge in [-0.2, -0.15) is 0 Å². The highest BCUT2D eigenvalue weighted by Gasteiger charge is 2.39. The molecule has 1 saturated heterocycles. The maximum Gasteiger partial charge on any atom is 0.266 e. The Kier molecular flexibility index (Phi) is 4.99. The first-order chi connectivity index (χ1) is 14.2. The number of halogens is 3. The Bertz CT molecular complexity index is 1180. The molecule has 3 aromatic rings. The van der Waals surface area contributed by atoms with Gasteiger partial charge in [0.1, 0.15) is 29.3 Å². The topological polar surface area (TPSA) is 95.1 Å². The van der Waals surface area contributed by atoms with Crippen molar-refractivity contribution in [3.63, 3.8) is 0 Å². The summed E-state index contributed by atoms with van der Waals surface area (Å²) in [5, 5.41) is 3.52. The number of nitrogens with two attached hydrogens (primary N) is 1. The van der Waals surface area contributed by atoms with Crippen molar-refractivity contribution in [1.82, 2.24) is 14.5 Å². The quantitative estimate of drug-likeness (QED) is 0.660. The van der Waals surface area contributed by atoms with Gasteiger partial charge in [-0.25, -0.2) is 23.1 Å². The number of benzene rings is 1. The summed E-state index contributed by atoms with van der Waals surface area (Å²) in [6, 6.07) is 4.74. The number of hydrogen-bond donors (Lipinski definition) is 2. The molecule has 0 spiro atoms. The Morgan fingerprint density at radius 3 is 2.63 bits per heavy atom. The summed E-state index contributed by atoms with van der Waals surface area (Å²) < 4.78 is 47.4. The molecule has 2 aromatic heterocycles. The minimum atomic E-state index is -2.92. The van der Waals surface area contributed by atoms with Crippen molar-refractivity contribution in [3.05, 3.63) is 63.5 Å². The lowest BCUT2D eigenvalue weighted by atomic mass is 9.96. The molecule has 3 N–H and O–H groups in total. The lowest BCUT2D eigenvalue weighted by Crippen LogP contribution is -2.52. The van der Waals surface area contributed by atoms with E-state index in [2.05, 4.69) is 15.3 Å². The van der Waals surface area contributed by atoms with Gasteiger partial charge in [-0.05, 0) is 13.0 Å². The average Bonchev–Trinajstić information content (AvgIpc) is 2.69. The van der Waals surface area contributed by atoms with E-state index in [0.29, 0.717) is 29.9 Å². The Labute approximate surface area is 169 Å². The summed E-state index contributed by atoms with van der Waals surface area (Å²) in [7, 11) is 1.56. The van der Waals surface area contributed by atoms with Gasteiger partial charge in [-0.3, -0.25) is 15.1 Å². The van der Waals surface area contributed by atoms with Gasteiger partial charge in [-0.15, -0.1) is 0 Å². The first-order valence-corrected chi connectivity index (χ1v) is 9.34. The fourth-order valence-corrected chi connectivity index (χ4v) is 3.58. The molecule has 10 heteroatoms. The zero-order valence-electron chi connectivity index (χ0n) is 16.3. The Balaban J connectivity index is 1.79. The highest BCUT2D eigenvalue weighted by Crippen LogP contribution is 2.33. The first-order valence-electron chi connectivity index (χ1n) is 9.34. The molecule has 0 saturated carbocycles. The zero-order chi connectivity index (χ0) is 21.6. The molecule has 0 amide bonds. The van der Waals surface area contributed by atoms with Crippen LogP contribution in [-0.4, -0.2) is 21.1 Å². The van der Waals surface area contributed by atoms with Crippen molar-refractivity contribution in [2.75, 3.05) is 11.9 Å². The smallest absolute Gasteiger partial charge is 0.266 e. The van der Waals surface area contributed by atoms with Gasteiger partial charge in [0, 0.05) is 19.0 Å². The second-order valence-corrected chi connectivity index (χ2v) is 7.29. The van der Waals surface area contributed by atoms with Crippen molar-refractivity contribution in [1.29, 1.82) is 0 Å². The summed E-state index contributed by atoms with van der Waals surface area (Å²) in [5.41, 5.74) is 4.68. The molecule has 1 aliphatic rings. The molecule has 1 aromatic carbocycles. The number of alkyl halides is 2. The largest absolute Gasteiger partial charge is 0.363 e. The van der Waals surface area contributed by atoms with Crippen LogP contribution in [0.1, 0.15) is 42.5 Å². The molecule has 2 atom stereocenters. The standard InChI is InChI=1S/C20H20F3N5O2/c1-10(11-4-3-5-12(15(11)21)16(22)23)27-17-13-8-14(20(24)6-7-30-20)19(29)28(2)18(13)26-9-25-17/h3-5,8-10,16H,6-7,24H2,1-2H3,(H,25,26,27)/t10-,20?/m1/s1. The van der Waals surface area contributed by atoms with Crippen LogP contribution in [0.15, 0.2) is 35.4 Å². The Morgan fingerprint density at radius 2 is 2.00 bits per heavy atom. The van der Waals surface area contributed by atoms with Gasteiger partial charge >= 0.3 is 0 Å². The van der Waals surface area contributed by atoms with E-state index >= 15 is 0 Å². The van der Waals surface area contributed by atoms with Crippen LogP contribution >= 0.6 is 0 Å². The van der Waals surface area contributed by atoms with Crippen LogP contribution in [-0.2, 0) is 17.5 Å². The number of pyridine rings is 1. The molecule has 1 unspecified atom stereocenters. The van der Waals surface area contributed by atoms with E-state index in [1.54, 1.807) is 20.0 Å². The van der Waals surface area contributed by atoms with Crippen LogP contribution in [0.4, 0.5) is 19.0 Å². The third kappa shape index (κ3) is 3.21. The second-order valence-electron chi connectivity index (χ2n) is 7.29. The summed E-state index contributed by atoms with van der Waals surface area (Å²) in [4.78, 5) is 21.1. The van der Waals surface area contributed by atoms with Crippen molar-refractivity contribution < 1.29 is 17.9 Å². The lowest BCUT2D eigenvalue weighted by molar-refractivity contribution is -0.150. The number of fused-ring (bicyclic) bond motifs is 1. The highest BCUT2D eigenvalue weighted by atomic mass is 19.3. The van der Waals surface area contributed by atoms with Crippen LogP contribution < -0.4 is 16.6 Å². The van der Waals surface area contributed by atoms with Crippen LogP contribution in [0, 0.1) is 5.82 Å². The predicted molar refractivity (Wildman–Crippen MR) is 105 cm³/mol. The van der Waals surface area contributed by atoms with Crippen LogP contribution in [0.25, 0.3) is 11.0 Å². The third-order valence-electron chi connectivity index (χ3n) is 5.41. The van der Waals surface area contributed by atoms with Gasteiger partial charge in [-0.1, -0.05) is 18.2 Å². The molecule has 0 aliphatic carbocycles. The number of rotatable bonds is 5. The van der Waals surface area contributed by atoms with Crippen LogP contribution in [0.5, 0.6) is 0 Å². The van der Waals surface area contributed by atoms with Gasteiger partial charge < -0.3 is 10.1 Å². The van der Waals surface area contributed by atoms with Crippen molar-refractivity contribution >= 4 is 16.9 Å². The zero-order valence-corrected chi connectivity index (χ0v) is 16.3. The molecule has 7 nitrogen and oxygen atoms in total. The molecule has 4 rings (SSSR count). The maximum absolute atomic E-state index is 14.5. The van der Waals surface area contributed by atoms with E-state index < -0.39 is 29.6 Å². The fraction of sp³-hybridized carbons (Fsp3) is 0.350. The molecule has 3 heterocycles. The van der Waals surface area contributed by atoms with E-state index in [0.717, 1.165) is 6.07 Å². The summed E-state index contributed by atoms with van der Waals surface area (Å²) in [6.07, 6.45) is -1.16. The predicted octanol–water partition coefficient (Wildman–Crippen LogP) is 3.11. The Morgan fingerprint density at radius 1 is 1.30 bits per heavy atom. The SMILES string of the molecule is C[C@@H](Nc1ncnc2c1cc(C1(N)CCO1)c(=O)n2C)c1cccc(C(F)F)c1F. The average molecular weight is 419 g/mol. The maximum atomic E-state index is 14.5. The van der Waals surface area contributed by atoms with Crippen LogP contribution in [0.3, 0.4) is 0 Å². The number of ether oxygens (including phenoxy) is 1. The minimum absolute atomic E-state index is 0.0715. The van der Waals surface area contributed by atoms with Gasteiger partial charge in [0.25, 0.3) is 12.0 Å². The molecule has 158 valence electrons. The number of nitrogens with one attached hydrogen (secondary N) is 1. The number of nitrogens with zero attached hydrogens (tertiary/aromatic N) is 3. The summed E-state index contributed by atoms with van der Waals surface area (Å²) >= 11 is 0. The fourth-order valence-electron chi connectivity index (χ4n) is 3.58. The molecule has 0 bridgehead atoms. The number of anilines is 1. The van der Waals surface area contributed by atoms with E-state index in [9.17, 15) is 18.0 Å². The van der Waals surface area contributed by atoms with E-state index in [1.807, 2.05) is 0 Å². The normalized spacial score (nSPS) is 19.7. The van der Waals surface area contributed by atoms with Crippen molar-refractivity contribution in [2.24, 2.45) is 12.8 Å². The second kappa shape index (κ2) is 7.37. The van der Waals surface area contributed by atoms with Crippen molar-refractivity contribution in [3.8, 4) is 0 Å². The number of aromatic nitrogens is 3. The third-order valence-corrected chi connectivity index (χ3v) is 5.41. The summed E-state index contributed by atoms with van der Waals surface area (Å²) in [5.74, 6) is -0.656. The molecular formula is C20H20F3N5O2. The first kappa shape index (κ1) is 20.3. The molecule has 30 heavy (non-hydrogen) atoms. The molecule has 0 radical (unpaired) electrons. The van der Waals surface area contributed by atoms with E-state index in [1.165, 1.54) is 23.0 Å². The van der Waals surface area contributed by atoms with Gasteiger partial charge in [0.2, 0.25) is 0 Å². The van der Waals surface area contributed by atoms with Gasteiger partial charge in [0.05, 0.1) is 29.2 Å². The highest BCUT2D eigenvalue weighted by molar-refractivity contribution is 5.87. The summed E-state index contributed by atoms with van der Waals surface area (Å²) in [6.45, 7) is 2.08. The lowest BCUT2D eigenvalue weighted by Gasteiger charge is -2.38. The number of hydrogen-bond acceptors (Lipinski definition) is 6. The van der Waals surface area contributed by atoms with Crippen LogP contribution in [0.2, 0.25) is 0 Å². The number of aryl methyl sites for hydroxylation is 1. The molecule has 1 aliphatic heterocycles. The van der Waals surface area contributed by atoms with Gasteiger partial charge in [0.15, 0.2) is 0 Å². The molecular weight excluding hydrogens is 399 g/mol. The van der Waals surface area contributed by atoms with Crippen molar-refractivity contribution in [2.45, 2.75) is 31.5 Å². The monoisotopic (exact) mass is 419 g/mol. The Hall–Kier alpha value is -2.98. The minimum Gasteiger partial charge on any atom is -0.363 e. The van der Waals surface area contributed by atoms with E-state index in [-0.39, 0.29) is 16.7 Å². The van der Waals surface area contributed by atoms with E-state index in [4.69, 9.17) is 10.5 Å².